The van der Waals surface area contributed by atoms with E-state index in [-0.39, 0.29) is 11.4 Å². The quantitative estimate of drug-likeness (QED) is 0.656. The summed E-state index contributed by atoms with van der Waals surface area (Å²) in [5, 5.41) is 10.8. The maximum atomic E-state index is 12.0. The Hall–Kier alpha value is -2.79. The molecule has 2 aromatic carbocycles. The molecular formula is C24H27NO4. The predicted octanol–water partition coefficient (Wildman–Crippen LogP) is 4.27. The minimum Gasteiger partial charge on any atom is -0.508 e. The van der Waals surface area contributed by atoms with Crippen molar-refractivity contribution in [3.8, 4) is 11.5 Å². The van der Waals surface area contributed by atoms with E-state index in [0.717, 1.165) is 55.6 Å². The minimum absolute atomic E-state index is 0.150. The van der Waals surface area contributed by atoms with Crippen LogP contribution in [-0.2, 0) is 13.0 Å². The average molecular weight is 393 g/mol. The van der Waals surface area contributed by atoms with E-state index in [0.29, 0.717) is 17.1 Å². The van der Waals surface area contributed by atoms with Gasteiger partial charge in [-0.25, -0.2) is 4.79 Å². The summed E-state index contributed by atoms with van der Waals surface area (Å²) in [6.07, 6.45) is 3.38. The van der Waals surface area contributed by atoms with Crippen molar-refractivity contribution in [3.05, 3.63) is 69.6 Å². The molecule has 0 saturated carbocycles. The lowest BCUT2D eigenvalue weighted by molar-refractivity contribution is 0.177. The highest BCUT2D eigenvalue weighted by atomic mass is 16.5. The van der Waals surface area contributed by atoms with Crippen LogP contribution in [0.15, 0.2) is 51.7 Å². The summed E-state index contributed by atoms with van der Waals surface area (Å²) in [6.45, 7) is 4.52. The molecule has 1 saturated heterocycles. The zero-order chi connectivity index (χ0) is 20.4. The second-order valence-corrected chi connectivity index (χ2v) is 7.95. The van der Waals surface area contributed by atoms with Gasteiger partial charge in [0.25, 0.3) is 0 Å². The fourth-order valence-electron chi connectivity index (χ4n) is 4.23. The zero-order valence-corrected chi connectivity index (χ0v) is 17.0. The van der Waals surface area contributed by atoms with Gasteiger partial charge in [0.05, 0.1) is 7.11 Å². The average Bonchev–Trinajstić information content (AvgIpc) is 2.73. The number of rotatable bonds is 5. The van der Waals surface area contributed by atoms with Crippen molar-refractivity contribution in [3.63, 3.8) is 0 Å². The molecule has 3 aromatic rings. The minimum atomic E-state index is -0.365. The number of piperidine rings is 1. The Balaban J connectivity index is 1.42. The van der Waals surface area contributed by atoms with Gasteiger partial charge in [0.2, 0.25) is 0 Å². The van der Waals surface area contributed by atoms with E-state index < -0.39 is 0 Å². The Morgan fingerprint density at radius 2 is 1.86 bits per heavy atom. The van der Waals surface area contributed by atoms with Gasteiger partial charge in [-0.15, -0.1) is 0 Å². The van der Waals surface area contributed by atoms with E-state index in [1.807, 2.05) is 18.2 Å². The Labute approximate surface area is 170 Å². The first-order valence-electron chi connectivity index (χ1n) is 10.1. The van der Waals surface area contributed by atoms with Gasteiger partial charge >= 0.3 is 5.63 Å². The van der Waals surface area contributed by atoms with E-state index in [4.69, 9.17) is 9.15 Å². The third kappa shape index (κ3) is 4.30. The summed E-state index contributed by atoms with van der Waals surface area (Å²) in [6, 6.07) is 13.4. The number of benzene rings is 2. The molecule has 2 heterocycles. The number of methoxy groups -OCH3 is 1. The molecule has 152 valence electrons. The van der Waals surface area contributed by atoms with E-state index in [9.17, 15) is 9.90 Å². The first kappa shape index (κ1) is 19.5. The van der Waals surface area contributed by atoms with Gasteiger partial charge in [-0.3, -0.25) is 4.90 Å². The van der Waals surface area contributed by atoms with E-state index >= 15 is 0 Å². The van der Waals surface area contributed by atoms with E-state index in [1.54, 1.807) is 26.2 Å². The molecule has 0 unspecified atom stereocenters. The number of aryl methyl sites for hydroxylation is 1. The molecule has 5 nitrogen and oxygen atoms in total. The third-order valence-electron chi connectivity index (χ3n) is 6.00. The molecule has 5 heteroatoms. The predicted molar refractivity (Wildman–Crippen MR) is 114 cm³/mol. The second kappa shape index (κ2) is 8.29. The number of phenolic OH excluding ortho intramolecular Hbond substituents is 1. The summed E-state index contributed by atoms with van der Waals surface area (Å²) in [7, 11) is 1.69. The van der Waals surface area contributed by atoms with E-state index in [1.165, 1.54) is 5.56 Å². The highest BCUT2D eigenvalue weighted by Gasteiger charge is 2.21. The highest BCUT2D eigenvalue weighted by Crippen LogP contribution is 2.29. The SMILES string of the molecule is COc1ccc(CC2CCN(Cc3cc(=O)oc4c(C)c(O)ccc34)CC2)cc1. The van der Waals surface area contributed by atoms with Gasteiger partial charge in [0, 0.05) is 23.6 Å². The molecule has 29 heavy (non-hydrogen) atoms. The van der Waals surface area contributed by atoms with Gasteiger partial charge in [0.15, 0.2) is 0 Å². The lowest BCUT2D eigenvalue weighted by Crippen LogP contribution is -2.34. The molecule has 1 N–H and O–H groups in total. The summed E-state index contributed by atoms with van der Waals surface area (Å²) >= 11 is 0. The number of aromatic hydroxyl groups is 1. The van der Waals surface area contributed by atoms with Gasteiger partial charge in [-0.05, 0) is 80.6 Å². The molecule has 0 bridgehead atoms. The number of hydrogen-bond acceptors (Lipinski definition) is 5. The smallest absolute Gasteiger partial charge is 0.336 e. The van der Waals surface area contributed by atoms with Crippen molar-refractivity contribution >= 4 is 11.0 Å². The topological polar surface area (TPSA) is 62.9 Å². The van der Waals surface area contributed by atoms with Crippen LogP contribution in [0.1, 0.15) is 29.5 Å². The monoisotopic (exact) mass is 393 g/mol. The first-order valence-corrected chi connectivity index (χ1v) is 10.1. The maximum absolute atomic E-state index is 12.0. The Bertz CT molecular complexity index is 1050. The fourth-order valence-corrected chi connectivity index (χ4v) is 4.23. The first-order chi connectivity index (χ1) is 14.0. The highest BCUT2D eigenvalue weighted by molar-refractivity contribution is 5.84. The molecule has 1 aliphatic rings. The van der Waals surface area contributed by atoms with Crippen LogP contribution in [0, 0.1) is 12.8 Å². The molecule has 0 amide bonds. The number of fused-ring (bicyclic) bond motifs is 1. The molecule has 0 radical (unpaired) electrons. The number of hydrogen-bond donors (Lipinski definition) is 1. The van der Waals surface area contributed by atoms with Crippen LogP contribution >= 0.6 is 0 Å². The lowest BCUT2D eigenvalue weighted by Gasteiger charge is -2.32. The van der Waals surface area contributed by atoms with Crippen molar-refractivity contribution in [1.82, 2.24) is 4.90 Å². The largest absolute Gasteiger partial charge is 0.508 e. The summed E-state index contributed by atoms with van der Waals surface area (Å²) in [5.74, 6) is 1.72. The van der Waals surface area contributed by atoms with Gasteiger partial charge in [-0.2, -0.15) is 0 Å². The third-order valence-corrected chi connectivity index (χ3v) is 6.00. The summed E-state index contributed by atoms with van der Waals surface area (Å²) < 4.78 is 10.6. The molecule has 1 fully saturated rings. The standard InChI is InChI=1S/C24H27NO4/c1-16-22(26)8-7-21-19(14-23(27)29-24(16)21)15-25-11-9-18(10-12-25)13-17-3-5-20(28-2)6-4-17/h3-8,14,18,26H,9-13,15H2,1-2H3. The van der Waals surface area contributed by atoms with Crippen molar-refractivity contribution in [2.24, 2.45) is 5.92 Å². The number of likely N-dealkylation sites (tertiary alicyclic amines) is 1. The van der Waals surface area contributed by atoms with Gasteiger partial charge in [0.1, 0.15) is 17.1 Å². The Morgan fingerprint density at radius 3 is 2.55 bits per heavy atom. The van der Waals surface area contributed by atoms with Gasteiger partial charge < -0.3 is 14.3 Å². The van der Waals surface area contributed by atoms with E-state index in [2.05, 4.69) is 17.0 Å². The lowest BCUT2D eigenvalue weighted by atomic mass is 9.90. The fraction of sp³-hybridized carbons (Fsp3) is 0.375. The molecule has 0 spiro atoms. The van der Waals surface area contributed by atoms with Crippen molar-refractivity contribution in [2.45, 2.75) is 32.7 Å². The Morgan fingerprint density at radius 1 is 1.14 bits per heavy atom. The van der Waals surface area contributed by atoms with Crippen LogP contribution in [0.4, 0.5) is 0 Å². The Kier molecular flexibility index (Phi) is 5.58. The van der Waals surface area contributed by atoms with Gasteiger partial charge in [-0.1, -0.05) is 12.1 Å². The van der Waals surface area contributed by atoms with Crippen LogP contribution in [0.5, 0.6) is 11.5 Å². The van der Waals surface area contributed by atoms with Crippen molar-refractivity contribution < 1.29 is 14.3 Å². The summed E-state index contributed by atoms with van der Waals surface area (Å²) in [5.41, 5.74) is 3.05. The van der Waals surface area contributed by atoms with Crippen LogP contribution in [0.2, 0.25) is 0 Å². The number of phenols is 1. The molecule has 0 aliphatic carbocycles. The summed E-state index contributed by atoms with van der Waals surface area (Å²) in [4.78, 5) is 14.4. The number of ether oxygens (including phenoxy) is 1. The molecule has 1 aliphatic heterocycles. The molecule has 0 atom stereocenters. The number of nitrogens with zero attached hydrogens (tertiary/aromatic N) is 1. The molecule has 4 rings (SSSR count). The molecule has 1 aromatic heterocycles. The molecular weight excluding hydrogens is 366 g/mol. The van der Waals surface area contributed by atoms with Crippen LogP contribution in [0.25, 0.3) is 11.0 Å². The van der Waals surface area contributed by atoms with Crippen molar-refractivity contribution in [1.29, 1.82) is 0 Å². The maximum Gasteiger partial charge on any atom is 0.336 e. The normalized spacial score (nSPS) is 15.7. The zero-order valence-electron chi connectivity index (χ0n) is 17.0. The van der Waals surface area contributed by atoms with Crippen LogP contribution < -0.4 is 10.4 Å². The van der Waals surface area contributed by atoms with Crippen LogP contribution in [-0.4, -0.2) is 30.2 Å². The van der Waals surface area contributed by atoms with Crippen LogP contribution in [0.3, 0.4) is 0 Å². The second-order valence-electron chi connectivity index (χ2n) is 7.95. The van der Waals surface area contributed by atoms with Crippen molar-refractivity contribution in [2.75, 3.05) is 20.2 Å².